The lowest BCUT2D eigenvalue weighted by Gasteiger charge is -2.44. The first-order valence-electron chi connectivity index (χ1n) is 9.83. The van der Waals surface area contributed by atoms with E-state index in [4.69, 9.17) is 23.7 Å². The van der Waals surface area contributed by atoms with Gasteiger partial charge in [-0.05, 0) is 0 Å². The number of carbonyl (C=O) groups excluding carboxylic acids is 5. The molecule has 0 bridgehead atoms. The van der Waals surface area contributed by atoms with Crippen LogP contribution in [0.4, 0.5) is 18.3 Å². The lowest BCUT2D eigenvalue weighted by atomic mass is 9.97. The summed E-state index contributed by atoms with van der Waals surface area (Å²) in [4.78, 5) is 61.0. The zero-order valence-corrected chi connectivity index (χ0v) is 19.6. The number of rotatable bonds is 8. The van der Waals surface area contributed by atoms with Gasteiger partial charge in [-0.2, -0.15) is 13.2 Å². The Kier molecular flexibility index (Phi) is 9.14. The zero-order valence-electron chi connectivity index (χ0n) is 18.7. The molecule has 1 N–H and O–H groups in total. The number of halogens is 3. The van der Waals surface area contributed by atoms with E-state index in [-0.39, 0.29) is 5.13 Å². The number of nitrogens with zero attached hydrogens (tertiary/aromatic N) is 1. The highest BCUT2D eigenvalue weighted by Gasteiger charge is 2.52. The van der Waals surface area contributed by atoms with Crippen LogP contribution in [-0.4, -0.2) is 78.1 Å². The second kappa shape index (κ2) is 11.4. The Morgan fingerprint density at radius 3 is 2.00 bits per heavy atom. The minimum absolute atomic E-state index is 0.238. The maximum atomic E-state index is 12.7. The predicted molar refractivity (Wildman–Crippen MR) is 108 cm³/mol. The van der Waals surface area contributed by atoms with Crippen LogP contribution < -0.4 is 5.32 Å². The quantitative estimate of drug-likeness (QED) is 0.295. The summed E-state index contributed by atoms with van der Waals surface area (Å²) in [7, 11) is 0. The van der Waals surface area contributed by atoms with Crippen molar-refractivity contribution in [2.75, 3.05) is 11.9 Å². The fourth-order valence-corrected chi connectivity index (χ4v) is 3.85. The van der Waals surface area contributed by atoms with Crippen LogP contribution in [0.15, 0.2) is 6.20 Å². The normalized spacial score (nSPS) is 24.1. The van der Waals surface area contributed by atoms with Crippen molar-refractivity contribution in [2.24, 2.45) is 0 Å². The smallest absolute Gasteiger partial charge is 0.455 e. The fraction of sp³-hybridized carbons (Fsp3) is 0.579. The largest absolute Gasteiger partial charge is 0.463 e. The molecule has 5 atom stereocenters. The highest BCUT2D eigenvalue weighted by molar-refractivity contribution is 7.17. The molecule has 12 nitrogen and oxygen atoms in total. The maximum Gasteiger partial charge on any atom is 0.455 e. The Morgan fingerprint density at radius 2 is 1.49 bits per heavy atom. The van der Waals surface area contributed by atoms with Crippen LogP contribution in [0.5, 0.6) is 0 Å². The molecule has 1 saturated heterocycles. The summed E-state index contributed by atoms with van der Waals surface area (Å²) in [5.41, 5.74) is 0. The van der Waals surface area contributed by atoms with Crippen molar-refractivity contribution in [3.63, 3.8) is 0 Å². The van der Waals surface area contributed by atoms with Gasteiger partial charge in [-0.3, -0.25) is 24.0 Å². The van der Waals surface area contributed by atoms with Gasteiger partial charge in [0.25, 0.3) is 5.78 Å². The average molecular weight is 526 g/mol. The molecule has 35 heavy (non-hydrogen) atoms. The number of Topliss-reactive ketones (excluding diaryl/α,β-unsaturated/α-hetero) is 1. The molecular formula is C19H21F3N2O10S. The van der Waals surface area contributed by atoms with Gasteiger partial charge < -0.3 is 29.0 Å². The van der Waals surface area contributed by atoms with Crippen molar-refractivity contribution in [1.29, 1.82) is 0 Å². The molecule has 1 fully saturated rings. The fourth-order valence-electron chi connectivity index (χ4n) is 3.05. The Balaban J connectivity index is 2.44. The molecule has 0 radical (unpaired) electrons. The van der Waals surface area contributed by atoms with Crippen molar-refractivity contribution in [3.05, 3.63) is 11.1 Å². The van der Waals surface area contributed by atoms with Crippen LogP contribution in [0.25, 0.3) is 0 Å². The van der Waals surface area contributed by atoms with Crippen molar-refractivity contribution in [2.45, 2.75) is 64.5 Å². The van der Waals surface area contributed by atoms with Crippen LogP contribution in [0.2, 0.25) is 0 Å². The van der Waals surface area contributed by atoms with E-state index >= 15 is 0 Å². The zero-order chi connectivity index (χ0) is 26.5. The Labute approximate surface area is 200 Å². The molecule has 194 valence electrons. The van der Waals surface area contributed by atoms with Gasteiger partial charge in [0.05, 0.1) is 6.20 Å². The third-order valence-corrected chi connectivity index (χ3v) is 5.17. The topological polar surface area (TPSA) is 156 Å². The van der Waals surface area contributed by atoms with Crippen LogP contribution in [0.1, 0.15) is 37.4 Å². The third kappa shape index (κ3) is 7.88. The summed E-state index contributed by atoms with van der Waals surface area (Å²) in [6.07, 6.45) is -11.5. The lowest BCUT2D eigenvalue weighted by molar-refractivity contribution is -0.247. The van der Waals surface area contributed by atoms with Gasteiger partial charge in [0.1, 0.15) is 17.6 Å². The van der Waals surface area contributed by atoms with Gasteiger partial charge in [0.2, 0.25) is 0 Å². The van der Waals surface area contributed by atoms with Gasteiger partial charge in [0, 0.05) is 27.7 Å². The summed E-state index contributed by atoms with van der Waals surface area (Å²) < 4.78 is 64.5. The first-order valence-corrected chi connectivity index (χ1v) is 10.6. The van der Waals surface area contributed by atoms with E-state index in [0.29, 0.717) is 17.5 Å². The summed E-state index contributed by atoms with van der Waals surface area (Å²) in [5.74, 6) is -5.39. The monoisotopic (exact) mass is 526 g/mol. The molecule has 1 aliphatic heterocycles. The molecule has 0 aliphatic carbocycles. The number of anilines is 1. The molecule has 0 spiro atoms. The second-order valence-corrected chi connectivity index (χ2v) is 8.15. The summed E-state index contributed by atoms with van der Waals surface area (Å²) in [5, 5.41) is 2.34. The molecule has 1 aliphatic rings. The van der Waals surface area contributed by atoms with Crippen LogP contribution in [0, 0.1) is 0 Å². The first kappa shape index (κ1) is 28.0. The molecule has 0 saturated carbocycles. The molecule has 2 heterocycles. The first-order chi connectivity index (χ1) is 16.2. The minimum atomic E-state index is -5.13. The van der Waals surface area contributed by atoms with Gasteiger partial charge in [-0.1, -0.05) is 11.3 Å². The van der Waals surface area contributed by atoms with Crippen LogP contribution in [-0.2, 0) is 42.9 Å². The highest BCUT2D eigenvalue weighted by atomic mass is 32.1. The van der Waals surface area contributed by atoms with E-state index in [9.17, 15) is 37.1 Å². The van der Waals surface area contributed by atoms with Crippen LogP contribution >= 0.6 is 11.3 Å². The summed E-state index contributed by atoms with van der Waals surface area (Å²) in [6, 6.07) is 0. The summed E-state index contributed by atoms with van der Waals surface area (Å²) in [6.45, 7) is 3.71. The number of ketones is 1. The van der Waals surface area contributed by atoms with Crippen molar-refractivity contribution in [3.8, 4) is 0 Å². The average Bonchev–Trinajstić information content (AvgIpc) is 3.17. The molecular weight excluding hydrogens is 505 g/mol. The molecule has 16 heteroatoms. The Morgan fingerprint density at radius 1 is 0.943 bits per heavy atom. The number of nitrogens with one attached hydrogen (secondary N) is 1. The number of thiazole rings is 1. The van der Waals surface area contributed by atoms with E-state index < -0.39 is 78.0 Å². The molecule has 0 amide bonds. The number of esters is 4. The maximum absolute atomic E-state index is 12.7. The van der Waals surface area contributed by atoms with E-state index in [2.05, 4.69) is 10.3 Å². The molecule has 0 aromatic carbocycles. The van der Waals surface area contributed by atoms with Gasteiger partial charge in [-0.15, -0.1) is 0 Å². The number of hydrogen-bond donors (Lipinski definition) is 1. The SMILES string of the molecule is CC(=O)OC[C@H]1O[C@@H](Nc2ncc(C(=O)C(F)(F)F)s2)[C@@H](OC(C)=O)[C@@H](OC(C)=O)[C@@H]1OC(C)=O. The van der Waals surface area contributed by atoms with Gasteiger partial charge in [0.15, 0.2) is 29.7 Å². The minimum Gasteiger partial charge on any atom is -0.463 e. The molecule has 1 aromatic rings. The van der Waals surface area contributed by atoms with Gasteiger partial charge >= 0.3 is 30.1 Å². The third-order valence-electron chi connectivity index (χ3n) is 4.24. The standard InChI is InChI=1S/C19H21F3N2O10S/c1-7(25)30-6-11-13(31-8(2)26)14(32-9(3)27)15(33-10(4)28)17(34-11)24-18-23-5-12(35-18)16(29)19(20,21)22/h5,11,13-15,17H,6H2,1-4H3,(H,23,24)/t11-,13-,14+,15+,17-/m1/s1. The van der Waals surface area contributed by atoms with E-state index in [1.54, 1.807) is 0 Å². The van der Waals surface area contributed by atoms with E-state index in [1.807, 2.05) is 0 Å². The van der Waals surface area contributed by atoms with Crippen molar-refractivity contribution >= 4 is 46.1 Å². The second-order valence-electron chi connectivity index (χ2n) is 7.12. The highest BCUT2D eigenvalue weighted by Crippen LogP contribution is 2.32. The number of aromatic nitrogens is 1. The molecule has 0 unspecified atom stereocenters. The van der Waals surface area contributed by atoms with Gasteiger partial charge in [-0.25, -0.2) is 4.98 Å². The molecule has 2 rings (SSSR count). The number of carbonyl (C=O) groups is 5. The number of ether oxygens (including phenoxy) is 5. The number of hydrogen-bond acceptors (Lipinski definition) is 13. The Hall–Kier alpha value is -3.27. The van der Waals surface area contributed by atoms with E-state index in [0.717, 1.165) is 27.7 Å². The van der Waals surface area contributed by atoms with E-state index in [1.165, 1.54) is 0 Å². The lowest BCUT2D eigenvalue weighted by Crippen LogP contribution is -2.64. The molecule has 1 aromatic heterocycles. The van der Waals surface area contributed by atoms with Crippen molar-refractivity contribution < 1.29 is 60.8 Å². The number of alkyl halides is 3. The van der Waals surface area contributed by atoms with Crippen molar-refractivity contribution in [1.82, 2.24) is 4.98 Å². The Bertz CT molecular complexity index is 982. The predicted octanol–water partition coefficient (Wildman–Crippen LogP) is 1.38. The summed E-state index contributed by atoms with van der Waals surface area (Å²) >= 11 is 0.338. The van der Waals surface area contributed by atoms with Crippen LogP contribution in [0.3, 0.4) is 0 Å².